The van der Waals surface area contributed by atoms with Crippen LogP contribution in [-0.4, -0.2) is 20.7 Å². The highest BCUT2D eigenvalue weighted by Crippen LogP contribution is 2.11. The number of nitrogens with one attached hydrogen (secondary N) is 1. The summed E-state index contributed by atoms with van der Waals surface area (Å²) in [7, 11) is 0. The van der Waals surface area contributed by atoms with Crippen LogP contribution >= 0.6 is 11.3 Å². The topological polar surface area (TPSA) is 63.8 Å². The number of thiazole rings is 1. The smallest absolute Gasteiger partial charge is 0.240 e. The summed E-state index contributed by atoms with van der Waals surface area (Å²) >= 11 is 1.63. The van der Waals surface area contributed by atoms with Crippen molar-refractivity contribution in [1.82, 2.24) is 20.4 Å². The molecule has 18 heavy (non-hydrogen) atoms. The van der Waals surface area contributed by atoms with Crippen LogP contribution in [0, 0.1) is 6.92 Å². The van der Waals surface area contributed by atoms with Crippen LogP contribution in [0.4, 0.5) is 0 Å². The fraction of sp³-hybridized carbons (Fsp3) is 0.583. The molecular formula is C12H18N4OS. The van der Waals surface area contributed by atoms with E-state index in [1.54, 1.807) is 11.3 Å². The molecule has 0 aromatic carbocycles. The van der Waals surface area contributed by atoms with E-state index in [0.29, 0.717) is 24.7 Å². The molecule has 5 nitrogen and oxygen atoms in total. The first-order valence-corrected chi connectivity index (χ1v) is 6.78. The Kier molecular flexibility index (Phi) is 3.77. The van der Waals surface area contributed by atoms with Gasteiger partial charge in [-0.25, -0.2) is 4.98 Å². The second-order valence-electron chi connectivity index (χ2n) is 5.24. The van der Waals surface area contributed by atoms with E-state index in [4.69, 9.17) is 4.52 Å². The van der Waals surface area contributed by atoms with E-state index in [2.05, 4.69) is 41.2 Å². The number of aromatic nitrogens is 3. The molecule has 0 atom stereocenters. The normalized spacial score (nSPS) is 12.0. The van der Waals surface area contributed by atoms with Gasteiger partial charge in [-0.3, -0.25) is 0 Å². The molecule has 0 aliphatic rings. The molecule has 2 aromatic rings. The maximum atomic E-state index is 5.19. The van der Waals surface area contributed by atoms with E-state index >= 15 is 0 Å². The summed E-state index contributed by atoms with van der Waals surface area (Å²) in [4.78, 5) is 8.72. The van der Waals surface area contributed by atoms with Gasteiger partial charge in [-0.05, 0) is 27.7 Å². The zero-order valence-electron chi connectivity index (χ0n) is 11.1. The molecule has 2 aromatic heterocycles. The minimum atomic E-state index is 0.0423. The third-order valence-electron chi connectivity index (χ3n) is 2.29. The summed E-state index contributed by atoms with van der Waals surface area (Å²) in [6.07, 6.45) is 0.628. The summed E-state index contributed by atoms with van der Waals surface area (Å²) in [5.41, 5.74) is 1.04. The molecule has 2 rings (SSSR count). The average molecular weight is 266 g/mol. The highest BCUT2D eigenvalue weighted by atomic mass is 32.1. The van der Waals surface area contributed by atoms with Gasteiger partial charge in [0.05, 0.1) is 23.7 Å². The number of rotatable bonds is 4. The van der Waals surface area contributed by atoms with Gasteiger partial charge in [0.15, 0.2) is 5.82 Å². The van der Waals surface area contributed by atoms with E-state index in [1.165, 1.54) is 0 Å². The molecule has 0 bridgehead atoms. The lowest BCUT2D eigenvalue weighted by molar-refractivity contribution is 0.334. The van der Waals surface area contributed by atoms with Crippen LogP contribution in [-0.2, 0) is 13.0 Å². The molecule has 0 saturated heterocycles. The minimum Gasteiger partial charge on any atom is -0.338 e. The third kappa shape index (κ3) is 3.89. The fourth-order valence-corrected chi connectivity index (χ4v) is 2.04. The van der Waals surface area contributed by atoms with Crippen LogP contribution in [0.2, 0.25) is 0 Å². The van der Waals surface area contributed by atoms with Crippen molar-refractivity contribution >= 4 is 11.3 Å². The monoisotopic (exact) mass is 266 g/mol. The van der Waals surface area contributed by atoms with Crippen LogP contribution < -0.4 is 5.32 Å². The molecule has 0 amide bonds. The standard InChI is InChI=1S/C12H18N4OS/c1-8-14-9(7-18-8)5-10-15-11(17-16-10)6-13-12(2,3)4/h7,13H,5-6H2,1-4H3. The summed E-state index contributed by atoms with van der Waals surface area (Å²) in [6, 6.07) is 0. The van der Waals surface area contributed by atoms with E-state index < -0.39 is 0 Å². The Bertz CT molecular complexity index is 512. The number of hydrogen-bond donors (Lipinski definition) is 1. The van der Waals surface area contributed by atoms with E-state index in [1.807, 2.05) is 12.3 Å². The molecule has 0 radical (unpaired) electrons. The number of aryl methyl sites for hydroxylation is 1. The van der Waals surface area contributed by atoms with E-state index in [0.717, 1.165) is 10.7 Å². The van der Waals surface area contributed by atoms with Crippen LogP contribution in [0.3, 0.4) is 0 Å². The number of nitrogens with zero attached hydrogens (tertiary/aromatic N) is 3. The highest BCUT2D eigenvalue weighted by Gasteiger charge is 2.13. The third-order valence-corrected chi connectivity index (χ3v) is 3.11. The molecule has 0 aliphatic heterocycles. The highest BCUT2D eigenvalue weighted by molar-refractivity contribution is 7.09. The van der Waals surface area contributed by atoms with Crippen LogP contribution in [0.1, 0.15) is 43.2 Å². The maximum Gasteiger partial charge on any atom is 0.240 e. The SMILES string of the molecule is Cc1nc(Cc2noc(CNC(C)(C)C)n2)cs1. The molecule has 1 N–H and O–H groups in total. The van der Waals surface area contributed by atoms with Crippen LogP contribution in [0.25, 0.3) is 0 Å². The molecule has 0 spiro atoms. The van der Waals surface area contributed by atoms with Gasteiger partial charge in [0.1, 0.15) is 0 Å². The first-order chi connectivity index (χ1) is 8.42. The van der Waals surface area contributed by atoms with Gasteiger partial charge in [-0.2, -0.15) is 4.98 Å². The molecule has 0 saturated carbocycles. The van der Waals surface area contributed by atoms with Gasteiger partial charge in [-0.1, -0.05) is 5.16 Å². The Hall–Kier alpha value is -1.27. The van der Waals surface area contributed by atoms with Gasteiger partial charge in [0.2, 0.25) is 5.89 Å². The minimum absolute atomic E-state index is 0.0423. The van der Waals surface area contributed by atoms with Crippen molar-refractivity contribution in [3.8, 4) is 0 Å². The molecular weight excluding hydrogens is 248 g/mol. The van der Waals surface area contributed by atoms with E-state index in [9.17, 15) is 0 Å². The Morgan fingerprint density at radius 2 is 2.11 bits per heavy atom. The van der Waals surface area contributed by atoms with Crippen LogP contribution in [0.15, 0.2) is 9.90 Å². The van der Waals surface area contributed by atoms with Gasteiger partial charge >= 0.3 is 0 Å². The fourth-order valence-electron chi connectivity index (χ4n) is 1.43. The molecule has 6 heteroatoms. The Morgan fingerprint density at radius 1 is 1.33 bits per heavy atom. The van der Waals surface area contributed by atoms with Crippen molar-refractivity contribution in [2.24, 2.45) is 0 Å². The Labute approximate surface area is 111 Å². The first-order valence-electron chi connectivity index (χ1n) is 5.90. The van der Waals surface area contributed by atoms with Gasteiger partial charge in [0, 0.05) is 10.9 Å². The molecule has 98 valence electrons. The first kappa shape index (κ1) is 13.2. The van der Waals surface area contributed by atoms with Crippen molar-refractivity contribution in [2.45, 2.75) is 46.2 Å². The molecule has 0 fully saturated rings. The predicted octanol–water partition coefficient (Wildman–Crippen LogP) is 2.31. The van der Waals surface area contributed by atoms with Gasteiger partial charge < -0.3 is 9.84 Å². The molecule has 0 unspecified atom stereocenters. The zero-order valence-corrected chi connectivity index (χ0v) is 12.0. The summed E-state index contributed by atoms with van der Waals surface area (Å²) in [6.45, 7) is 8.88. The second kappa shape index (κ2) is 5.16. The Morgan fingerprint density at radius 3 is 2.72 bits per heavy atom. The lowest BCUT2D eigenvalue weighted by Gasteiger charge is -2.18. The van der Waals surface area contributed by atoms with Crippen molar-refractivity contribution in [3.63, 3.8) is 0 Å². The summed E-state index contributed by atoms with van der Waals surface area (Å²) < 4.78 is 5.19. The lowest BCUT2D eigenvalue weighted by Crippen LogP contribution is -2.35. The van der Waals surface area contributed by atoms with Gasteiger partial charge in [0.25, 0.3) is 0 Å². The average Bonchev–Trinajstić information content (AvgIpc) is 2.85. The molecule has 2 heterocycles. The van der Waals surface area contributed by atoms with Gasteiger partial charge in [-0.15, -0.1) is 11.3 Å². The van der Waals surface area contributed by atoms with Crippen molar-refractivity contribution < 1.29 is 4.52 Å². The van der Waals surface area contributed by atoms with E-state index in [-0.39, 0.29) is 5.54 Å². The largest absolute Gasteiger partial charge is 0.338 e. The quantitative estimate of drug-likeness (QED) is 0.920. The lowest BCUT2D eigenvalue weighted by atomic mass is 10.1. The maximum absolute atomic E-state index is 5.19. The van der Waals surface area contributed by atoms with Crippen molar-refractivity contribution in [3.05, 3.63) is 27.8 Å². The summed E-state index contributed by atoms with van der Waals surface area (Å²) in [5.74, 6) is 1.30. The predicted molar refractivity (Wildman–Crippen MR) is 70.5 cm³/mol. The second-order valence-corrected chi connectivity index (χ2v) is 6.30. The van der Waals surface area contributed by atoms with Crippen molar-refractivity contribution in [2.75, 3.05) is 0 Å². The van der Waals surface area contributed by atoms with Crippen LogP contribution in [0.5, 0.6) is 0 Å². The molecule has 0 aliphatic carbocycles. The number of hydrogen-bond acceptors (Lipinski definition) is 6. The Balaban J connectivity index is 1.94. The summed E-state index contributed by atoms with van der Waals surface area (Å²) in [5, 5.41) is 10.4. The van der Waals surface area contributed by atoms with Crippen molar-refractivity contribution in [1.29, 1.82) is 0 Å². The zero-order chi connectivity index (χ0) is 13.2.